The van der Waals surface area contributed by atoms with Crippen molar-refractivity contribution < 1.29 is 39.4 Å². The molecule has 1 spiro atoms. The van der Waals surface area contributed by atoms with Crippen molar-refractivity contribution in [2.45, 2.75) is 135 Å². The van der Waals surface area contributed by atoms with Gasteiger partial charge in [0.25, 0.3) is 0 Å². The molecule has 0 aromatic rings. The highest BCUT2D eigenvalue weighted by Gasteiger charge is 2.82. The molecule has 4 aliphatic carbocycles. The third-order valence-corrected chi connectivity index (χ3v) is 13.4. The van der Waals surface area contributed by atoms with Crippen molar-refractivity contribution in [3.05, 3.63) is 35.5 Å². The Bertz CT molecular complexity index is 1250. The zero-order valence-corrected chi connectivity index (χ0v) is 26.9. The first-order chi connectivity index (χ1) is 20.0. The van der Waals surface area contributed by atoms with Gasteiger partial charge in [-0.3, -0.25) is 4.79 Å². The molecule has 4 N–H and O–H groups in total. The molecule has 3 saturated carbocycles. The van der Waals surface area contributed by atoms with Gasteiger partial charge in [0, 0.05) is 5.41 Å². The summed E-state index contributed by atoms with van der Waals surface area (Å²) in [6.07, 6.45) is 8.43. The Labute approximate surface area is 256 Å². The fourth-order valence-corrected chi connectivity index (χ4v) is 10.9. The Morgan fingerprint density at radius 3 is 2.42 bits per heavy atom. The van der Waals surface area contributed by atoms with E-state index in [9.17, 15) is 25.2 Å². The molecular formula is C35H52O8. The highest BCUT2D eigenvalue weighted by atomic mass is 16.7. The fourth-order valence-electron chi connectivity index (χ4n) is 10.9. The van der Waals surface area contributed by atoms with Crippen LogP contribution in [0.25, 0.3) is 0 Å². The van der Waals surface area contributed by atoms with Crippen LogP contribution >= 0.6 is 0 Å². The largest absolute Gasteiger partial charge is 0.451 e. The van der Waals surface area contributed by atoms with E-state index in [1.165, 1.54) is 5.57 Å². The molecule has 2 saturated heterocycles. The van der Waals surface area contributed by atoms with E-state index in [0.717, 1.165) is 37.7 Å². The smallest absolute Gasteiger partial charge is 0.317 e. The number of allylic oxidation sites excluding steroid dienone is 5. The van der Waals surface area contributed by atoms with Crippen LogP contribution in [0, 0.1) is 33.5 Å². The first-order valence-electron chi connectivity index (χ1n) is 16.3. The third-order valence-electron chi connectivity index (χ3n) is 13.4. The molecule has 0 radical (unpaired) electrons. The van der Waals surface area contributed by atoms with E-state index in [-0.39, 0.29) is 41.3 Å². The number of esters is 1. The topological polar surface area (TPSA) is 126 Å². The molecule has 240 valence electrons. The number of cyclic esters (lactones) is 1. The summed E-state index contributed by atoms with van der Waals surface area (Å²) >= 11 is 0. The predicted octanol–water partition coefficient (Wildman–Crippen LogP) is 4.35. The van der Waals surface area contributed by atoms with E-state index >= 15 is 0 Å². The molecule has 8 nitrogen and oxygen atoms in total. The van der Waals surface area contributed by atoms with Crippen LogP contribution in [0.4, 0.5) is 0 Å². The molecular weight excluding hydrogens is 548 g/mol. The molecule has 43 heavy (non-hydrogen) atoms. The van der Waals surface area contributed by atoms with Crippen LogP contribution in [0.15, 0.2) is 35.5 Å². The van der Waals surface area contributed by atoms with Crippen molar-refractivity contribution >= 4 is 5.97 Å². The molecule has 6 rings (SSSR count). The number of carbonyl (C=O) groups is 1. The number of aliphatic hydroxyl groups is 4. The standard InChI is InChI=1S/C35H52O8/c1-20(2)9-8-14-33(7)35(40)18-17-32(6)22-10-11-24-30(3,4)25(42-28-27(38)26(37)23(36)19-41-28)13-15-31(24,5)21(22)12-16-34(32,35)29(39)43-33/h8-10,14,21,23-28,36-38,40H,11-13,15-19H2,1-7H3/b14-8+/t21-,23+,24-,25-,26-,27+,28-,31+,32-,33-,34+,35-/m0/s1. The number of carbonyl (C=O) groups excluding carboxylic acids is 1. The second-order valence-electron chi connectivity index (χ2n) is 16.0. The van der Waals surface area contributed by atoms with E-state index < -0.39 is 46.6 Å². The van der Waals surface area contributed by atoms with Gasteiger partial charge in [0.2, 0.25) is 0 Å². The quantitative estimate of drug-likeness (QED) is 0.213. The van der Waals surface area contributed by atoms with Gasteiger partial charge in [-0.25, -0.2) is 0 Å². The average molecular weight is 601 g/mol. The van der Waals surface area contributed by atoms with Crippen LogP contribution < -0.4 is 0 Å². The first kappa shape index (κ1) is 31.4. The maximum Gasteiger partial charge on any atom is 0.317 e. The van der Waals surface area contributed by atoms with Crippen molar-refractivity contribution in [3.8, 4) is 0 Å². The van der Waals surface area contributed by atoms with E-state index in [4.69, 9.17) is 14.2 Å². The van der Waals surface area contributed by atoms with Gasteiger partial charge < -0.3 is 34.6 Å². The summed E-state index contributed by atoms with van der Waals surface area (Å²) in [5, 5.41) is 43.2. The van der Waals surface area contributed by atoms with Crippen LogP contribution in [-0.4, -0.2) is 74.9 Å². The van der Waals surface area contributed by atoms with E-state index in [0.29, 0.717) is 12.8 Å². The lowest BCUT2D eigenvalue weighted by Crippen LogP contribution is -2.63. The lowest BCUT2D eigenvalue weighted by atomic mass is 9.40. The lowest BCUT2D eigenvalue weighted by molar-refractivity contribution is -0.303. The molecule has 5 fully saturated rings. The molecule has 0 unspecified atom stereocenters. The lowest BCUT2D eigenvalue weighted by Gasteiger charge is -2.64. The summed E-state index contributed by atoms with van der Waals surface area (Å²) in [5.41, 5.74) is -1.68. The minimum Gasteiger partial charge on any atom is -0.451 e. The molecule has 0 aromatic heterocycles. The van der Waals surface area contributed by atoms with Crippen LogP contribution in [0.1, 0.15) is 93.4 Å². The fraction of sp³-hybridized carbons (Fsp3) is 0.800. The van der Waals surface area contributed by atoms with Gasteiger partial charge in [0.1, 0.15) is 29.3 Å². The number of hydrogen-bond donors (Lipinski definition) is 4. The highest BCUT2D eigenvalue weighted by molar-refractivity contribution is 5.86. The SMILES string of the molecule is CC(C)=C/C=C/[C@]1(C)OC(=O)[C@]23CC[C@H]4C(=CC[C@H]5C(C)(C)[C@@H](O[C@@H]6OC[C@@H](O)[C@H](O)[C@H]6O)CC[C@]45C)[C@]2(C)CC[C@@]31O. The summed E-state index contributed by atoms with van der Waals surface area (Å²) < 4.78 is 18.2. The number of hydrogen-bond acceptors (Lipinski definition) is 8. The van der Waals surface area contributed by atoms with Gasteiger partial charge in [-0.2, -0.15) is 0 Å². The Hall–Kier alpha value is -1.55. The van der Waals surface area contributed by atoms with Crippen molar-refractivity contribution in [1.82, 2.24) is 0 Å². The van der Waals surface area contributed by atoms with Gasteiger partial charge in [0.15, 0.2) is 11.9 Å². The second-order valence-corrected chi connectivity index (χ2v) is 16.0. The second kappa shape index (κ2) is 9.97. The summed E-state index contributed by atoms with van der Waals surface area (Å²) in [5.74, 6) is 0.301. The van der Waals surface area contributed by atoms with Crippen molar-refractivity contribution in [2.24, 2.45) is 33.5 Å². The van der Waals surface area contributed by atoms with Gasteiger partial charge in [0.05, 0.1) is 12.7 Å². The molecule has 8 heteroatoms. The van der Waals surface area contributed by atoms with Gasteiger partial charge in [-0.15, -0.1) is 0 Å². The third kappa shape index (κ3) is 3.99. The molecule has 0 aromatic carbocycles. The summed E-state index contributed by atoms with van der Waals surface area (Å²) in [6.45, 7) is 14.9. The van der Waals surface area contributed by atoms with Crippen LogP contribution in [-0.2, 0) is 19.0 Å². The van der Waals surface area contributed by atoms with Crippen molar-refractivity contribution in [1.29, 1.82) is 0 Å². The van der Waals surface area contributed by atoms with Crippen molar-refractivity contribution in [2.75, 3.05) is 6.61 Å². The zero-order valence-electron chi connectivity index (χ0n) is 26.9. The number of fused-ring (bicyclic) bond motifs is 4. The Morgan fingerprint density at radius 1 is 1.00 bits per heavy atom. The minimum absolute atomic E-state index is 0.0321. The van der Waals surface area contributed by atoms with E-state index in [1.54, 1.807) is 0 Å². The molecule has 0 amide bonds. The molecule has 6 aliphatic rings. The number of aliphatic hydroxyl groups excluding tert-OH is 3. The molecule has 2 aliphatic heterocycles. The van der Waals surface area contributed by atoms with Crippen LogP contribution in [0.3, 0.4) is 0 Å². The predicted molar refractivity (Wildman–Crippen MR) is 160 cm³/mol. The zero-order chi connectivity index (χ0) is 31.4. The van der Waals surface area contributed by atoms with Crippen LogP contribution in [0.2, 0.25) is 0 Å². The normalized spacial score (nSPS) is 52.0. The number of ether oxygens (including phenoxy) is 3. The minimum atomic E-state index is -1.31. The van der Waals surface area contributed by atoms with Crippen molar-refractivity contribution in [3.63, 3.8) is 0 Å². The highest BCUT2D eigenvalue weighted by Crippen LogP contribution is 2.77. The summed E-state index contributed by atoms with van der Waals surface area (Å²) in [6, 6.07) is 0. The van der Waals surface area contributed by atoms with Gasteiger partial charge in [-0.05, 0) is 94.5 Å². The molecule has 0 bridgehead atoms. The molecule has 12 atom stereocenters. The van der Waals surface area contributed by atoms with E-state index in [1.807, 2.05) is 39.0 Å². The average Bonchev–Trinajstić information content (AvgIpc) is 3.28. The molecule has 2 heterocycles. The van der Waals surface area contributed by atoms with Gasteiger partial charge in [-0.1, -0.05) is 57.1 Å². The van der Waals surface area contributed by atoms with E-state index in [2.05, 4.69) is 33.8 Å². The Kier molecular flexibility index (Phi) is 7.29. The summed E-state index contributed by atoms with van der Waals surface area (Å²) in [7, 11) is 0. The Morgan fingerprint density at radius 2 is 1.72 bits per heavy atom. The maximum atomic E-state index is 14.0. The Balaban J connectivity index is 1.30. The van der Waals surface area contributed by atoms with Crippen LogP contribution in [0.5, 0.6) is 0 Å². The summed E-state index contributed by atoms with van der Waals surface area (Å²) in [4.78, 5) is 14.0. The number of rotatable bonds is 4. The monoisotopic (exact) mass is 600 g/mol. The maximum absolute atomic E-state index is 14.0. The first-order valence-corrected chi connectivity index (χ1v) is 16.3. The van der Waals surface area contributed by atoms with Gasteiger partial charge >= 0.3 is 5.97 Å².